The summed E-state index contributed by atoms with van der Waals surface area (Å²) in [5, 5.41) is 2.52. The number of hydrogen-bond acceptors (Lipinski definition) is 2. The SMILES string of the molecule is C=C(C)CCC(NN)c1cccc2ccccc12. The average molecular weight is 240 g/mol. The number of allylic oxidation sites excluding steroid dienone is 1. The molecule has 18 heavy (non-hydrogen) atoms. The predicted molar refractivity (Wildman–Crippen MR) is 78.1 cm³/mol. The fourth-order valence-corrected chi connectivity index (χ4v) is 2.27. The Kier molecular flexibility index (Phi) is 4.13. The fourth-order valence-electron chi connectivity index (χ4n) is 2.27. The van der Waals surface area contributed by atoms with Gasteiger partial charge >= 0.3 is 0 Å². The number of hydrogen-bond donors (Lipinski definition) is 2. The highest BCUT2D eigenvalue weighted by Crippen LogP contribution is 2.27. The molecule has 3 N–H and O–H groups in total. The maximum Gasteiger partial charge on any atom is 0.0469 e. The summed E-state index contributed by atoms with van der Waals surface area (Å²) < 4.78 is 0. The van der Waals surface area contributed by atoms with Gasteiger partial charge < -0.3 is 0 Å². The lowest BCUT2D eigenvalue weighted by Gasteiger charge is -2.18. The van der Waals surface area contributed by atoms with E-state index in [-0.39, 0.29) is 6.04 Å². The Morgan fingerprint density at radius 1 is 1.22 bits per heavy atom. The van der Waals surface area contributed by atoms with Crippen molar-refractivity contribution in [2.24, 2.45) is 5.84 Å². The zero-order chi connectivity index (χ0) is 13.0. The molecule has 0 aliphatic heterocycles. The van der Waals surface area contributed by atoms with Gasteiger partial charge in [0.2, 0.25) is 0 Å². The zero-order valence-corrected chi connectivity index (χ0v) is 10.8. The number of fused-ring (bicyclic) bond motifs is 1. The summed E-state index contributed by atoms with van der Waals surface area (Å²) in [5.74, 6) is 5.70. The second kappa shape index (κ2) is 5.80. The standard InChI is InChI=1S/C16H20N2/c1-12(2)10-11-16(18-17)15-9-5-7-13-6-3-4-8-14(13)15/h3-9,16,18H,1,10-11,17H2,2H3. The van der Waals surface area contributed by atoms with E-state index in [0.717, 1.165) is 12.8 Å². The number of hydrazine groups is 1. The molecule has 0 aromatic heterocycles. The smallest absolute Gasteiger partial charge is 0.0469 e. The van der Waals surface area contributed by atoms with Crippen LogP contribution < -0.4 is 11.3 Å². The normalized spacial score (nSPS) is 12.6. The maximum absolute atomic E-state index is 5.70. The second-order valence-electron chi connectivity index (χ2n) is 4.78. The van der Waals surface area contributed by atoms with Crippen molar-refractivity contribution < 1.29 is 0 Å². The minimum Gasteiger partial charge on any atom is -0.271 e. The van der Waals surface area contributed by atoms with Crippen molar-refractivity contribution in [3.05, 3.63) is 60.2 Å². The van der Waals surface area contributed by atoms with Crippen molar-refractivity contribution in [3.63, 3.8) is 0 Å². The predicted octanol–water partition coefficient (Wildman–Crippen LogP) is 3.70. The van der Waals surface area contributed by atoms with Crippen LogP contribution in [0.25, 0.3) is 10.8 Å². The first-order chi connectivity index (χ1) is 8.72. The van der Waals surface area contributed by atoms with Gasteiger partial charge in [0.25, 0.3) is 0 Å². The van der Waals surface area contributed by atoms with Gasteiger partial charge in [-0.05, 0) is 36.1 Å². The molecule has 0 aliphatic carbocycles. The van der Waals surface area contributed by atoms with Gasteiger partial charge in [-0.3, -0.25) is 11.3 Å². The Hall–Kier alpha value is -1.64. The van der Waals surface area contributed by atoms with E-state index >= 15 is 0 Å². The molecule has 2 heteroatoms. The number of benzene rings is 2. The minimum atomic E-state index is 0.174. The van der Waals surface area contributed by atoms with Crippen molar-refractivity contribution in [2.75, 3.05) is 0 Å². The fraction of sp³-hybridized carbons (Fsp3) is 0.250. The van der Waals surface area contributed by atoms with Crippen LogP contribution in [0.2, 0.25) is 0 Å². The Morgan fingerprint density at radius 3 is 2.67 bits per heavy atom. The topological polar surface area (TPSA) is 38.0 Å². The Morgan fingerprint density at radius 2 is 1.94 bits per heavy atom. The van der Waals surface area contributed by atoms with Gasteiger partial charge in [-0.15, -0.1) is 6.58 Å². The molecule has 0 radical (unpaired) electrons. The first kappa shape index (κ1) is 12.8. The van der Waals surface area contributed by atoms with Gasteiger partial charge in [-0.2, -0.15) is 0 Å². The van der Waals surface area contributed by atoms with E-state index < -0.39 is 0 Å². The van der Waals surface area contributed by atoms with Gasteiger partial charge in [-0.1, -0.05) is 48.0 Å². The van der Waals surface area contributed by atoms with Gasteiger partial charge in [0, 0.05) is 6.04 Å². The molecule has 0 amide bonds. The van der Waals surface area contributed by atoms with Gasteiger partial charge in [-0.25, -0.2) is 0 Å². The molecule has 0 saturated carbocycles. The van der Waals surface area contributed by atoms with Gasteiger partial charge in [0.1, 0.15) is 0 Å². The first-order valence-electron chi connectivity index (χ1n) is 6.30. The average Bonchev–Trinajstić information content (AvgIpc) is 2.39. The summed E-state index contributed by atoms with van der Waals surface area (Å²) >= 11 is 0. The highest BCUT2D eigenvalue weighted by Gasteiger charge is 2.12. The number of rotatable bonds is 5. The van der Waals surface area contributed by atoms with Crippen LogP contribution in [-0.4, -0.2) is 0 Å². The third-order valence-electron chi connectivity index (χ3n) is 3.26. The summed E-state index contributed by atoms with van der Waals surface area (Å²) in [4.78, 5) is 0. The third-order valence-corrected chi connectivity index (χ3v) is 3.26. The lowest BCUT2D eigenvalue weighted by atomic mass is 9.95. The molecule has 1 unspecified atom stereocenters. The molecule has 2 aromatic rings. The van der Waals surface area contributed by atoms with Gasteiger partial charge in [0.15, 0.2) is 0 Å². The summed E-state index contributed by atoms with van der Waals surface area (Å²) in [7, 11) is 0. The molecule has 94 valence electrons. The van der Waals surface area contributed by atoms with E-state index in [2.05, 4.69) is 61.4 Å². The Balaban J connectivity index is 2.35. The molecular formula is C16H20N2. The molecule has 2 aromatic carbocycles. The molecule has 2 rings (SSSR count). The Labute approximate surface area is 108 Å². The van der Waals surface area contributed by atoms with Crippen molar-refractivity contribution in [1.29, 1.82) is 0 Å². The van der Waals surface area contributed by atoms with E-state index in [4.69, 9.17) is 5.84 Å². The van der Waals surface area contributed by atoms with Crippen LogP contribution >= 0.6 is 0 Å². The minimum absolute atomic E-state index is 0.174. The van der Waals surface area contributed by atoms with Crippen molar-refractivity contribution >= 4 is 10.8 Å². The second-order valence-corrected chi connectivity index (χ2v) is 4.78. The largest absolute Gasteiger partial charge is 0.271 e. The highest BCUT2D eigenvalue weighted by molar-refractivity contribution is 5.86. The lowest BCUT2D eigenvalue weighted by Crippen LogP contribution is -2.28. The van der Waals surface area contributed by atoms with Crippen molar-refractivity contribution in [2.45, 2.75) is 25.8 Å². The van der Waals surface area contributed by atoms with Gasteiger partial charge in [0.05, 0.1) is 0 Å². The molecular weight excluding hydrogens is 220 g/mol. The van der Waals surface area contributed by atoms with Crippen LogP contribution in [-0.2, 0) is 0 Å². The van der Waals surface area contributed by atoms with E-state index in [1.807, 2.05) is 0 Å². The molecule has 2 nitrogen and oxygen atoms in total. The maximum atomic E-state index is 5.70. The lowest BCUT2D eigenvalue weighted by molar-refractivity contribution is 0.519. The molecule has 0 heterocycles. The molecule has 0 aliphatic rings. The molecule has 0 saturated heterocycles. The van der Waals surface area contributed by atoms with Crippen molar-refractivity contribution in [1.82, 2.24) is 5.43 Å². The number of nitrogens with one attached hydrogen (secondary N) is 1. The molecule has 0 fully saturated rings. The van der Waals surface area contributed by atoms with Crippen molar-refractivity contribution in [3.8, 4) is 0 Å². The van der Waals surface area contributed by atoms with E-state index in [9.17, 15) is 0 Å². The number of nitrogens with two attached hydrogens (primary N) is 1. The van der Waals surface area contributed by atoms with Crippen LogP contribution in [0, 0.1) is 0 Å². The first-order valence-corrected chi connectivity index (χ1v) is 6.30. The molecule has 0 spiro atoms. The van der Waals surface area contributed by atoms with Crippen LogP contribution in [0.1, 0.15) is 31.4 Å². The van der Waals surface area contributed by atoms with Crippen LogP contribution in [0.3, 0.4) is 0 Å². The molecule has 1 atom stereocenters. The molecule has 0 bridgehead atoms. The summed E-state index contributed by atoms with van der Waals surface area (Å²) in [5.41, 5.74) is 5.38. The summed E-state index contributed by atoms with van der Waals surface area (Å²) in [6.07, 6.45) is 1.96. The summed E-state index contributed by atoms with van der Waals surface area (Å²) in [6.45, 7) is 6.00. The Bertz CT molecular complexity index is 540. The van der Waals surface area contributed by atoms with E-state index in [0.29, 0.717) is 0 Å². The van der Waals surface area contributed by atoms with Crippen LogP contribution in [0.4, 0.5) is 0 Å². The zero-order valence-electron chi connectivity index (χ0n) is 10.8. The van der Waals surface area contributed by atoms with E-state index in [1.165, 1.54) is 21.9 Å². The monoisotopic (exact) mass is 240 g/mol. The quantitative estimate of drug-likeness (QED) is 0.475. The van der Waals surface area contributed by atoms with E-state index in [1.54, 1.807) is 0 Å². The van der Waals surface area contributed by atoms with Crippen LogP contribution in [0.15, 0.2) is 54.6 Å². The highest BCUT2D eigenvalue weighted by atomic mass is 15.2. The third kappa shape index (κ3) is 2.78. The van der Waals surface area contributed by atoms with Crippen LogP contribution in [0.5, 0.6) is 0 Å². The summed E-state index contributed by atoms with van der Waals surface area (Å²) in [6, 6.07) is 14.9.